The molecule has 7 heteroatoms. The molecule has 1 unspecified atom stereocenters. The predicted octanol–water partition coefficient (Wildman–Crippen LogP) is 4.47. The van der Waals surface area contributed by atoms with Crippen LogP contribution >= 0.6 is 24.0 Å². The average Bonchev–Trinajstić information content (AvgIpc) is 2.86. The topological polar surface area (TPSA) is 76.0 Å². The number of methoxy groups -OCH3 is 1. The number of carbonyl (C=O) groups is 2. The quantitative estimate of drug-likeness (QED) is 0.760. The third-order valence-corrected chi connectivity index (χ3v) is 4.73. The van der Waals surface area contributed by atoms with Crippen molar-refractivity contribution in [1.82, 2.24) is 0 Å². The molecule has 0 amide bonds. The van der Waals surface area contributed by atoms with Gasteiger partial charge in [0.05, 0.1) is 19.2 Å². The van der Waals surface area contributed by atoms with Crippen LogP contribution in [0.5, 0.6) is 5.75 Å². The Labute approximate surface area is 162 Å². The molecule has 0 aliphatic carbocycles. The third-order valence-electron chi connectivity index (χ3n) is 4.48. The number of carbonyl (C=O) groups excluding carboxylic acids is 1. The highest BCUT2D eigenvalue weighted by Gasteiger charge is 2.49. The molecule has 0 radical (unpaired) electrons. The molecular weight excluding hydrogens is 377 g/mol. The molecule has 1 atom stereocenters. The minimum absolute atomic E-state index is 0. The summed E-state index contributed by atoms with van der Waals surface area (Å²) in [5, 5.41) is 9.99. The number of carboxylic acid groups (broad SMARTS) is 1. The molecule has 0 fully saturated rings. The van der Waals surface area contributed by atoms with Crippen molar-refractivity contribution in [3.05, 3.63) is 58.6 Å². The number of hydrogen-bond donors (Lipinski definition) is 1. The number of aliphatic carboxylic acids is 1. The minimum atomic E-state index is -1.36. The van der Waals surface area contributed by atoms with Crippen LogP contribution in [0.1, 0.15) is 29.3 Å². The lowest BCUT2D eigenvalue weighted by molar-refractivity contribution is -0.137. The van der Waals surface area contributed by atoms with E-state index in [0.29, 0.717) is 33.3 Å². The Hall–Kier alpha value is -2.37. The zero-order valence-electron chi connectivity index (χ0n) is 14.2. The largest absolute Gasteiger partial charge is 0.497 e. The number of hydrogen-bond acceptors (Lipinski definition) is 4. The van der Waals surface area contributed by atoms with E-state index in [-0.39, 0.29) is 24.6 Å². The molecule has 0 bridgehead atoms. The van der Waals surface area contributed by atoms with Crippen LogP contribution in [-0.4, -0.2) is 29.7 Å². The molecule has 1 heterocycles. The molecule has 2 aromatic rings. The molecule has 3 rings (SSSR count). The van der Waals surface area contributed by atoms with Gasteiger partial charge in [-0.15, -0.1) is 12.4 Å². The summed E-state index contributed by atoms with van der Waals surface area (Å²) >= 11 is 5.90. The smallest absolute Gasteiger partial charge is 0.305 e. The van der Waals surface area contributed by atoms with E-state index < -0.39 is 11.4 Å². The number of carboxylic acids is 1. The van der Waals surface area contributed by atoms with E-state index in [4.69, 9.17) is 16.3 Å². The Bertz CT molecular complexity index is 893. The van der Waals surface area contributed by atoms with Gasteiger partial charge in [-0.2, -0.15) is 0 Å². The van der Waals surface area contributed by atoms with Crippen molar-refractivity contribution in [2.75, 3.05) is 7.11 Å². The molecule has 136 valence electrons. The summed E-state index contributed by atoms with van der Waals surface area (Å²) in [5.74, 6) is -0.852. The van der Waals surface area contributed by atoms with E-state index in [0.717, 1.165) is 0 Å². The molecule has 2 aromatic carbocycles. The van der Waals surface area contributed by atoms with E-state index in [1.165, 1.54) is 7.11 Å². The maximum absolute atomic E-state index is 13.4. The van der Waals surface area contributed by atoms with Crippen LogP contribution in [0.4, 0.5) is 5.69 Å². The molecule has 0 aromatic heterocycles. The van der Waals surface area contributed by atoms with Crippen molar-refractivity contribution in [2.45, 2.75) is 18.8 Å². The minimum Gasteiger partial charge on any atom is -0.497 e. The predicted molar refractivity (Wildman–Crippen MR) is 103 cm³/mol. The lowest BCUT2D eigenvalue weighted by Crippen LogP contribution is -2.42. The second kappa shape index (κ2) is 7.48. The molecule has 0 spiro atoms. The molecule has 1 N–H and O–H groups in total. The summed E-state index contributed by atoms with van der Waals surface area (Å²) in [6.45, 7) is 1.68. The summed E-state index contributed by atoms with van der Waals surface area (Å²) in [6, 6.07) is 11.6. The summed E-state index contributed by atoms with van der Waals surface area (Å²) in [4.78, 5) is 29.4. The van der Waals surface area contributed by atoms with Gasteiger partial charge in [-0.05, 0) is 49.4 Å². The number of ketones is 1. The van der Waals surface area contributed by atoms with Gasteiger partial charge in [0.2, 0.25) is 0 Å². The third kappa shape index (κ3) is 3.20. The fourth-order valence-electron chi connectivity index (χ4n) is 3.22. The fraction of sp³-hybridized carbons (Fsp3) is 0.211. The standard InChI is InChI=1S/C19H16ClNO4.ClH/c1-11-19(10-17(22)23,18(24)12-3-5-13(20)6-4-12)15-9-14(25-2)7-8-16(15)21-11;/h3-9H,10H2,1-2H3,(H,22,23);1H. The van der Waals surface area contributed by atoms with E-state index in [1.54, 1.807) is 49.4 Å². The van der Waals surface area contributed by atoms with E-state index >= 15 is 0 Å². The first-order chi connectivity index (χ1) is 11.9. The van der Waals surface area contributed by atoms with Crippen molar-refractivity contribution >= 4 is 47.2 Å². The zero-order chi connectivity index (χ0) is 18.2. The first kappa shape index (κ1) is 19.9. The van der Waals surface area contributed by atoms with E-state index in [1.807, 2.05) is 0 Å². The van der Waals surface area contributed by atoms with Crippen LogP contribution in [0.2, 0.25) is 5.02 Å². The van der Waals surface area contributed by atoms with Crippen molar-refractivity contribution in [3.8, 4) is 5.75 Å². The van der Waals surface area contributed by atoms with Gasteiger partial charge in [0, 0.05) is 21.9 Å². The number of Topliss-reactive ketones (excluding diaryl/α,β-unsaturated/α-hetero) is 1. The number of benzene rings is 2. The number of rotatable bonds is 5. The lowest BCUT2D eigenvalue weighted by atomic mass is 9.70. The lowest BCUT2D eigenvalue weighted by Gasteiger charge is -2.28. The molecule has 5 nitrogen and oxygen atoms in total. The number of nitrogens with zero attached hydrogens (tertiary/aromatic N) is 1. The molecule has 0 saturated carbocycles. The van der Waals surface area contributed by atoms with Crippen molar-refractivity contribution in [2.24, 2.45) is 4.99 Å². The second-order valence-electron chi connectivity index (χ2n) is 5.89. The molecule has 1 aliphatic heterocycles. The van der Waals surface area contributed by atoms with Crippen molar-refractivity contribution < 1.29 is 19.4 Å². The Morgan fingerprint density at radius 3 is 2.42 bits per heavy atom. The number of halogens is 2. The van der Waals surface area contributed by atoms with E-state index in [9.17, 15) is 14.7 Å². The van der Waals surface area contributed by atoms with Gasteiger partial charge >= 0.3 is 5.97 Å². The van der Waals surface area contributed by atoms with Crippen LogP contribution < -0.4 is 4.74 Å². The van der Waals surface area contributed by atoms with Gasteiger partial charge in [0.25, 0.3) is 0 Å². The maximum Gasteiger partial charge on any atom is 0.305 e. The normalized spacial score (nSPS) is 17.7. The molecule has 0 saturated heterocycles. The maximum atomic E-state index is 13.4. The van der Waals surface area contributed by atoms with Gasteiger partial charge in [0.1, 0.15) is 11.2 Å². The van der Waals surface area contributed by atoms with Gasteiger partial charge < -0.3 is 9.84 Å². The second-order valence-corrected chi connectivity index (χ2v) is 6.33. The van der Waals surface area contributed by atoms with Gasteiger partial charge in [-0.3, -0.25) is 14.6 Å². The summed E-state index contributed by atoms with van der Waals surface area (Å²) < 4.78 is 5.25. The van der Waals surface area contributed by atoms with Gasteiger partial charge in [-0.1, -0.05) is 11.6 Å². The highest BCUT2D eigenvalue weighted by Crippen LogP contribution is 2.46. The molecule has 1 aliphatic rings. The van der Waals surface area contributed by atoms with Crippen LogP contribution in [0, 0.1) is 0 Å². The SMILES string of the molecule is COc1ccc2c(c1)C(CC(=O)O)(C(=O)c1ccc(Cl)cc1)C(C)=N2.Cl. The summed E-state index contributed by atoms with van der Waals surface area (Å²) in [5.41, 5.74) is 0.617. The Morgan fingerprint density at radius 2 is 1.85 bits per heavy atom. The molecular formula is C19H17Cl2NO4. The van der Waals surface area contributed by atoms with Crippen LogP contribution in [0.25, 0.3) is 0 Å². The number of fused-ring (bicyclic) bond motifs is 1. The molecule has 26 heavy (non-hydrogen) atoms. The number of ether oxygens (including phenoxy) is 1. The fourth-order valence-corrected chi connectivity index (χ4v) is 3.34. The summed E-state index contributed by atoms with van der Waals surface area (Å²) in [6.07, 6.45) is -0.385. The summed E-state index contributed by atoms with van der Waals surface area (Å²) in [7, 11) is 1.52. The van der Waals surface area contributed by atoms with E-state index in [2.05, 4.69) is 4.99 Å². The van der Waals surface area contributed by atoms with Crippen molar-refractivity contribution in [1.29, 1.82) is 0 Å². The Balaban J connectivity index is 0.00000243. The van der Waals surface area contributed by atoms with Gasteiger partial charge in [-0.25, -0.2) is 0 Å². The van der Waals surface area contributed by atoms with Crippen LogP contribution in [0.3, 0.4) is 0 Å². The highest BCUT2D eigenvalue weighted by molar-refractivity contribution is 6.31. The monoisotopic (exact) mass is 393 g/mol. The Morgan fingerprint density at radius 1 is 1.19 bits per heavy atom. The first-order valence-electron chi connectivity index (χ1n) is 7.65. The van der Waals surface area contributed by atoms with Crippen LogP contribution in [-0.2, 0) is 10.2 Å². The highest BCUT2D eigenvalue weighted by atomic mass is 35.5. The van der Waals surface area contributed by atoms with Crippen molar-refractivity contribution in [3.63, 3.8) is 0 Å². The Kier molecular flexibility index (Phi) is 5.74. The first-order valence-corrected chi connectivity index (χ1v) is 8.02. The van der Waals surface area contributed by atoms with Gasteiger partial charge in [0.15, 0.2) is 5.78 Å². The van der Waals surface area contributed by atoms with Crippen LogP contribution in [0.15, 0.2) is 47.5 Å². The number of aliphatic imine (C=N–C) groups is 1. The zero-order valence-corrected chi connectivity index (χ0v) is 15.7. The average molecular weight is 394 g/mol.